The molecule has 4 aliphatic rings. The molecule has 0 aromatic rings. The van der Waals surface area contributed by atoms with Crippen LogP contribution < -0.4 is 4.72 Å². The van der Waals surface area contributed by atoms with Crippen molar-refractivity contribution in [2.75, 3.05) is 5.75 Å². The zero-order valence-electron chi connectivity index (χ0n) is 26.8. The van der Waals surface area contributed by atoms with E-state index in [9.17, 15) is 36.4 Å². The first-order chi connectivity index (χ1) is 19.4. The van der Waals surface area contributed by atoms with Crippen molar-refractivity contribution in [1.82, 2.24) is 4.72 Å². The Morgan fingerprint density at radius 3 is 2.21 bits per heavy atom. The van der Waals surface area contributed by atoms with Crippen molar-refractivity contribution in [3.63, 3.8) is 0 Å². The number of ketones is 2. The Bertz CT molecular complexity index is 1420. The molecule has 10 heteroatoms. The molecule has 0 aliphatic heterocycles. The largest absolute Gasteiger partial charge is 0.404 e. The third-order valence-electron chi connectivity index (χ3n) is 12.2. The van der Waals surface area contributed by atoms with E-state index in [4.69, 9.17) is 0 Å². The minimum atomic E-state index is -4.86. The molecule has 240 valence electrons. The van der Waals surface area contributed by atoms with Crippen LogP contribution in [0.1, 0.15) is 107 Å². The normalized spacial score (nSPS) is 39.2. The highest BCUT2D eigenvalue weighted by Gasteiger charge is 2.63. The molecule has 43 heavy (non-hydrogen) atoms. The molecule has 1 unspecified atom stereocenters. The molecule has 0 radical (unpaired) electrons. The van der Waals surface area contributed by atoms with Crippen molar-refractivity contribution in [2.45, 2.75) is 118 Å². The van der Waals surface area contributed by atoms with E-state index in [-0.39, 0.29) is 40.8 Å². The van der Waals surface area contributed by atoms with E-state index in [2.05, 4.69) is 31.6 Å². The molecule has 0 amide bonds. The smallest absolute Gasteiger partial charge is 0.295 e. The Balaban J connectivity index is 1.74. The van der Waals surface area contributed by atoms with Crippen molar-refractivity contribution >= 4 is 21.6 Å². The Hall–Kier alpha value is -1.99. The van der Waals surface area contributed by atoms with Gasteiger partial charge in [-0.15, -0.1) is 0 Å². The van der Waals surface area contributed by atoms with Gasteiger partial charge in [0.15, 0.2) is 17.3 Å². The van der Waals surface area contributed by atoms with Gasteiger partial charge < -0.3 is 0 Å². The number of nitriles is 1. The molecule has 0 saturated heterocycles. The van der Waals surface area contributed by atoms with Crippen LogP contribution in [0, 0.1) is 50.2 Å². The van der Waals surface area contributed by atoms with Gasteiger partial charge in [-0.2, -0.15) is 18.4 Å². The lowest BCUT2D eigenvalue weighted by Gasteiger charge is -2.63. The first kappa shape index (κ1) is 33.9. The number of hydrogen-bond acceptors (Lipinski definition) is 5. The first-order valence-corrected chi connectivity index (χ1v) is 17.0. The van der Waals surface area contributed by atoms with Gasteiger partial charge in [0, 0.05) is 22.8 Å². The number of alkyl halides is 3. The van der Waals surface area contributed by atoms with E-state index in [1.54, 1.807) is 12.2 Å². The summed E-state index contributed by atoms with van der Waals surface area (Å²) in [5, 5.41) is 9.84. The van der Waals surface area contributed by atoms with Gasteiger partial charge in [-0.05, 0) is 79.1 Å². The lowest BCUT2D eigenvalue weighted by molar-refractivity contribution is -0.133. The van der Waals surface area contributed by atoms with Gasteiger partial charge in [-0.3, -0.25) is 9.59 Å². The fourth-order valence-electron chi connectivity index (χ4n) is 9.56. The zero-order chi connectivity index (χ0) is 32.7. The standard InChI is InChI=1S/C33H47F3N2O4S/c1-21-16-27(2,3)11-13-32(21,38-43(41,42)20-33(34,35)36)14-12-29(6)18-23(39)15-25-30(7)17-22(19-37)26(40)28(4,5)24(30)9-10-31(25,29)8/h15,17,21,24,38H,9-14,16,18,20H2,1-8H3/t21?,24-,29+,30-,31+,32-/m0/s1. The molecule has 0 aromatic carbocycles. The molecule has 6 atom stereocenters. The van der Waals surface area contributed by atoms with Crippen molar-refractivity contribution in [3.8, 4) is 6.07 Å². The van der Waals surface area contributed by atoms with Gasteiger partial charge >= 0.3 is 6.18 Å². The second kappa shape index (κ2) is 10.3. The second-order valence-corrected chi connectivity index (χ2v) is 17.8. The summed E-state index contributed by atoms with van der Waals surface area (Å²) >= 11 is 0. The SMILES string of the molecule is CC1CC(C)(C)CC[C@@]1(CC[C@]1(C)CC(=O)C=C2[C@@]3(C)C=C(C#N)C(=O)C(C)(C)[C@@H]3CC[C@]21C)NS(=O)(=O)CC(F)(F)F. The van der Waals surface area contributed by atoms with Crippen LogP contribution >= 0.6 is 0 Å². The van der Waals surface area contributed by atoms with Crippen molar-refractivity contribution in [1.29, 1.82) is 5.26 Å². The minimum absolute atomic E-state index is 0.0667. The van der Waals surface area contributed by atoms with Crippen molar-refractivity contribution < 1.29 is 31.2 Å². The van der Waals surface area contributed by atoms with Gasteiger partial charge in [0.2, 0.25) is 10.0 Å². The predicted molar refractivity (Wildman–Crippen MR) is 159 cm³/mol. The molecule has 6 nitrogen and oxygen atoms in total. The van der Waals surface area contributed by atoms with Gasteiger partial charge in [-0.1, -0.05) is 67.0 Å². The van der Waals surface area contributed by atoms with Crippen molar-refractivity contribution in [3.05, 3.63) is 23.3 Å². The van der Waals surface area contributed by atoms with Crippen LogP contribution in [-0.2, 0) is 19.6 Å². The van der Waals surface area contributed by atoms with Crippen LogP contribution in [0.25, 0.3) is 0 Å². The van der Waals surface area contributed by atoms with Crippen LogP contribution in [0.4, 0.5) is 13.2 Å². The summed E-state index contributed by atoms with van der Waals surface area (Å²) in [6.07, 6.45) is 2.70. The van der Waals surface area contributed by atoms with E-state index < -0.39 is 49.2 Å². The van der Waals surface area contributed by atoms with E-state index in [1.807, 2.05) is 34.6 Å². The monoisotopic (exact) mass is 624 g/mol. The highest BCUT2D eigenvalue weighted by Crippen LogP contribution is 2.69. The Kier molecular flexibility index (Phi) is 8.09. The van der Waals surface area contributed by atoms with Crippen molar-refractivity contribution in [2.24, 2.45) is 38.9 Å². The van der Waals surface area contributed by atoms with Crippen LogP contribution in [0.15, 0.2) is 23.3 Å². The highest BCUT2D eigenvalue weighted by molar-refractivity contribution is 7.89. The number of carbonyl (C=O) groups excluding carboxylic acids is 2. The predicted octanol–water partition coefficient (Wildman–Crippen LogP) is 7.22. The maximum absolute atomic E-state index is 13.5. The van der Waals surface area contributed by atoms with Crippen LogP contribution in [-0.4, -0.2) is 37.5 Å². The Morgan fingerprint density at radius 2 is 1.65 bits per heavy atom. The number of allylic oxidation sites excluding steroid dienone is 4. The van der Waals surface area contributed by atoms with Gasteiger partial charge in [0.1, 0.15) is 6.07 Å². The van der Waals surface area contributed by atoms with Crippen LogP contribution in [0.2, 0.25) is 0 Å². The summed E-state index contributed by atoms with van der Waals surface area (Å²) in [5.41, 5.74) is -2.78. The molecule has 0 aromatic heterocycles. The van der Waals surface area contributed by atoms with E-state index in [1.165, 1.54) is 0 Å². The average molecular weight is 625 g/mol. The van der Waals surface area contributed by atoms with E-state index in [0.717, 1.165) is 5.57 Å². The topological polar surface area (TPSA) is 104 Å². The molecule has 1 N–H and O–H groups in total. The number of nitrogens with one attached hydrogen (secondary N) is 1. The van der Waals surface area contributed by atoms with E-state index in [0.29, 0.717) is 44.9 Å². The number of nitrogens with zero attached hydrogens (tertiary/aromatic N) is 1. The molecule has 0 bridgehead atoms. The Morgan fingerprint density at radius 1 is 1.02 bits per heavy atom. The fourth-order valence-corrected chi connectivity index (χ4v) is 11.1. The molecule has 2 fully saturated rings. The van der Waals surface area contributed by atoms with Crippen LogP contribution in [0.5, 0.6) is 0 Å². The summed E-state index contributed by atoms with van der Waals surface area (Å²) in [4.78, 5) is 26.7. The number of sulfonamides is 1. The quantitative estimate of drug-likeness (QED) is 0.336. The summed E-state index contributed by atoms with van der Waals surface area (Å²) in [6, 6.07) is 2.08. The molecule has 4 aliphatic carbocycles. The highest BCUT2D eigenvalue weighted by atomic mass is 32.2. The third-order valence-corrected chi connectivity index (χ3v) is 13.6. The maximum atomic E-state index is 13.5. The summed E-state index contributed by atoms with van der Waals surface area (Å²) in [6.45, 7) is 16.0. The average Bonchev–Trinajstić information content (AvgIpc) is 2.82. The number of carbonyl (C=O) groups is 2. The molecule has 4 rings (SSSR count). The summed E-state index contributed by atoms with van der Waals surface area (Å²) in [7, 11) is -4.67. The lowest BCUT2D eigenvalue weighted by atomic mass is 9.40. The maximum Gasteiger partial charge on any atom is 0.404 e. The fraction of sp³-hybridized carbons (Fsp3) is 0.788. The van der Waals surface area contributed by atoms with Gasteiger partial charge in [0.25, 0.3) is 0 Å². The number of Topliss-reactive ketones (excluding diaryl/α,β-unsaturated/α-hetero) is 1. The lowest BCUT2D eigenvalue weighted by Crippen LogP contribution is -2.60. The molecular weight excluding hydrogens is 577 g/mol. The first-order valence-electron chi connectivity index (χ1n) is 15.4. The molecule has 0 spiro atoms. The molecule has 2 saturated carbocycles. The van der Waals surface area contributed by atoms with Gasteiger partial charge in [0.05, 0.1) is 5.57 Å². The second-order valence-electron chi connectivity index (χ2n) is 16.1. The number of halogens is 3. The summed E-state index contributed by atoms with van der Waals surface area (Å²) in [5.74, 6) is -2.51. The minimum Gasteiger partial charge on any atom is -0.295 e. The molecular formula is C33H47F3N2O4S. The zero-order valence-corrected chi connectivity index (χ0v) is 27.6. The van der Waals surface area contributed by atoms with E-state index >= 15 is 0 Å². The molecule has 0 heterocycles. The summed E-state index contributed by atoms with van der Waals surface area (Å²) < 4.78 is 68.1. The third kappa shape index (κ3) is 5.78. The number of fused-ring (bicyclic) bond motifs is 3. The van der Waals surface area contributed by atoms with Crippen LogP contribution in [0.3, 0.4) is 0 Å². The number of rotatable bonds is 6. The Labute approximate surface area is 255 Å². The van der Waals surface area contributed by atoms with Gasteiger partial charge in [-0.25, -0.2) is 13.1 Å². The number of hydrogen-bond donors (Lipinski definition) is 1.